The maximum atomic E-state index is 12.9. The molecule has 0 aliphatic carbocycles. The second kappa shape index (κ2) is 5.05. The van der Waals surface area contributed by atoms with Gasteiger partial charge in [0.25, 0.3) is 0 Å². The Balaban J connectivity index is 3.07. The first kappa shape index (κ1) is 13.3. The molecule has 0 bridgehead atoms. The van der Waals surface area contributed by atoms with E-state index in [0.29, 0.717) is 11.3 Å². The Morgan fingerprint density at radius 3 is 2.50 bits per heavy atom. The van der Waals surface area contributed by atoms with Crippen LogP contribution >= 0.6 is 11.8 Å². The fraction of sp³-hybridized carbons (Fsp3) is 0.400. The summed E-state index contributed by atoms with van der Waals surface area (Å²) >= 11 is 1.42. The first-order chi connectivity index (χ1) is 7.36. The molecule has 1 rings (SSSR count). The van der Waals surface area contributed by atoms with Gasteiger partial charge in [0.2, 0.25) is 0 Å². The number of benzene rings is 1. The van der Waals surface area contributed by atoms with Gasteiger partial charge in [0, 0.05) is 11.8 Å². The van der Waals surface area contributed by atoms with Crippen LogP contribution in [-0.2, 0) is 6.18 Å². The Morgan fingerprint density at radius 1 is 1.38 bits per heavy atom. The molecule has 0 heterocycles. The third-order valence-corrected chi connectivity index (χ3v) is 2.76. The largest absolute Gasteiger partial charge is 0.419 e. The Morgan fingerprint density at radius 2 is 2.00 bits per heavy atom. The van der Waals surface area contributed by atoms with E-state index in [4.69, 9.17) is 5.73 Å². The van der Waals surface area contributed by atoms with Crippen molar-refractivity contribution in [2.45, 2.75) is 12.2 Å². The van der Waals surface area contributed by atoms with E-state index in [1.165, 1.54) is 17.8 Å². The number of hydrogen-bond acceptors (Lipinski definition) is 2. The quantitative estimate of drug-likeness (QED) is 0.837. The lowest BCUT2D eigenvalue weighted by Gasteiger charge is -2.14. The molecule has 1 nitrogen and oxygen atoms in total. The van der Waals surface area contributed by atoms with Crippen molar-refractivity contribution in [2.24, 2.45) is 5.73 Å². The van der Waals surface area contributed by atoms with Crippen LogP contribution in [0.1, 0.15) is 17.2 Å². The summed E-state index contributed by atoms with van der Waals surface area (Å²) in [5.74, 6) is -0.782. The number of alkyl halides is 3. The maximum Gasteiger partial charge on any atom is 0.419 e. The molecule has 0 saturated carbocycles. The molecule has 90 valence electrons. The molecule has 1 atom stereocenters. The highest BCUT2D eigenvalue weighted by molar-refractivity contribution is 7.98. The fourth-order valence-corrected chi connectivity index (χ4v) is 1.82. The number of nitrogens with two attached hydrogens (primary N) is 1. The van der Waals surface area contributed by atoms with E-state index in [0.717, 1.165) is 12.1 Å². The molecular formula is C10H11F4NS. The van der Waals surface area contributed by atoms with Crippen molar-refractivity contribution >= 4 is 11.8 Å². The van der Waals surface area contributed by atoms with E-state index in [9.17, 15) is 17.6 Å². The zero-order valence-corrected chi connectivity index (χ0v) is 9.33. The molecule has 1 unspecified atom stereocenters. The van der Waals surface area contributed by atoms with Crippen LogP contribution in [0.4, 0.5) is 17.6 Å². The Bertz CT molecular complexity index is 364. The molecule has 2 N–H and O–H groups in total. The predicted octanol–water partition coefficient (Wildman–Crippen LogP) is 3.21. The highest BCUT2D eigenvalue weighted by Gasteiger charge is 2.34. The zero-order valence-electron chi connectivity index (χ0n) is 8.51. The maximum absolute atomic E-state index is 12.9. The SMILES string of the molecule is CSCC(N)c1ccc(F)c(C(F)(F)F)c1. The van der Waals surface area contributed by atoms with Crippen LogP contribution < -0.4 is 5.73 Å². The third-order valence-electron chi connectivity index (χ3n) is 2.07. The minimum atomic E-state index is -4.68. The van der Waals surface area contributed by atoms with Crippen LogP contribution in [0.5, 0.6) is 0 Å². The van der Waals surface area contributed by atoms with Gasteiger partial charge in [-0.3, -0.25) is 0 Å². The van der Waals surface area contributed by atoms with Gasteiger partial charge in [-0.05, 0) is 24.0 Å². The second-order valence-electron chi connectivity index (χ2n) is 3.30. The van der Waals surface area contributed by atoms with Crippen molar-refractivity contribution in [3.05, 3.63) is 35.1 Å². The van der Waals surface area contributed by atoms with Gasteiger partial charge >= 0.3 is 6.18 Å². The smallest absolute Gasteiger partial charge is 0.323 e. The van der Waals surface area contributed by atoms with Crippen LogP contribution in [0, 0.1) is 5.82 Å². The Labute approximate surface area is 95.0 Å². The topological polar surface area (TPSA) is 26.0 Å². The first-order valence-electron chi connectivity index (χ1n) is 4.47. The molecule has 0 radical (unpaired) electrons. The highest BCUT2D eigenvalue weighted by atomic mass is 32.2. The summed E-state index contributed by atoms with van der Waals surface area (Å²) in [6.45, 7) is 0. The van der Waals surface area contributed by atoms with E-state index in [1.54, 1.807) is 6.26 Å². The van der Waals surface area contributed by atoms with Gasteiger partial charge in [-0.2, -0.15) is 24.9 Å². The van der Waals surface area contributed by atoms with Crippen molar-refractivity contribution in [3.8, 4) is 0 Å². The van der Waals surface area contributed by atoms with E-state index in [-0.39, 0.29) is 0 Å². The molecule has 0 spiro atoms. The summed E-state index contributed by atoms with van der Waals surface area (Å²) < 4.78 is 50.1. The molecular weight excluding hydrogens is 242 g/mol. The highest BCUT2D eigenvalue weighted by Crippen LogP contribution is 2.32. The third kappa shape index (κ3) is 3.12. The van der Waals surface area contributed by atoms with E-state index in [2.05, 4.69) is 0 Å². The normalized spacial score (nSPS) is 13.9. The van der Waals surface area contributed by atoms with Gasteiger partial charge in [0.05, 0.1) is 5.56 Å². The molecule has 0 amide bonds. The van der Waals surface area contributed by atoms with Gasteiger partial charge in [0.1, 0.15) is 5.82 Å². The predicted molar refractivity (Wildman–Crippen MR) is 56.7 cm³/mol. The van der Waals surface area contributed by atoms with Gasteiger partial charge in [-0.25, -0.2) is 4.39 Å². The molecule has 1 aromatic rings. The summed E-state index contributed by atoms with van der Waals surface area (Å²) in [4.78, 5) is 0. The van der Waals surface area contributed by atoms with Crippen molar-refractivity contribution in [1.82, 2.24) is 0 Å². The van der Waals surface area contributed by atoms with Crippen LogP contribution in [0.15, 0.2) is 18.2 Å². The van der Waals surface area contributed by atoms with Crippen LogP contribution in [-0.4, -0.2) is 12.0 Å². The molecule has 0 aromatic heterocycles. The minimum Gasteiger partial charge on any atom is -0.323 e. The van der Waals surface area contributed by atoms with Crippen molar-refractivity contribution in [3.63, 3.8) is 0 Å². The number of halogens is 4. The van der Waals surface area contributed by atoms with Crippen molar-refractivity contribution < 1.29 is 17.6 Å². The summed E-state index contributed by atoms with van der Waals surface area (Å²) in [7, 11) is 0. The lowest BCUT2D eigenvalue weighted by Crippen LogP contribution is -2.15. The van der Waals surface area contributed by atoms with Gasteiger partial charge < -0.3 is 5.73 Å². The van der Waals surface area contributed by atoms with Gasteiger partial charge in [-0.1, -0.05) is 6.07 Å². The molecule has 0 aliphatic rings. The summed E-state index contributed by atoms with van der Waals surface area (Å²) in [5, 5.41) is 0. The average Bonchev–Trinajstić information content (AvgIpc) is 2.16. The monoisotopic (exact) mass is 253 g/mol. The van der Waals surface area contributed by atoms with Crippen molar-refractivity contribution in [2.75, 3.05) is 12.0 Å². The van der Waals surface area contributed by atoms with Crippen LogP contribution in [0.3, 0.4) is 0 Å². The van der Waals surface area contributed by atoms with E-state index >= 15 is 0 Å². The summed E-state index contributed by atoms with van der Waals surface area (Å²) in [6, 6.07) is 2.34. The second-order valence-corrected chi connectivity index (χ2v) is 4.21. The number of hydrogen-bond donors (Lipinski definition) is 1. The van der Waals surface area contributed by atoms with Crippen LogP contribution in [0.25, 0.3) is 0 Å². The Kier molecular flexibility index (Phi) is 4.21. The van der Waals surface area contributed by atoms with Crippen molar-refractivity contribution in [1.29, 1.82) is 0 Å². The molecule has 0 fully saturated rings. The molecule has 0 aliphatic heterocycles. The molecule has 1 aromatic carbocycles. The number of thioether (sulfide) groups is 1. The van der Waals surface area contributed by atoms with Gasteiger partial charge in [-0.15, -0.1) is 0 Å². The lowest BCUT2D eigenvalue weighted by molar-refractivity contribution is -0.140. The molecule has 6 heteroatoms. The average molecular weight is 253 g/mol. The van der Waals surface area contributed by atoms with Gasteiger partial charge in [0.15, 0.2) is 0 Å². The van der Waals surface area contributed by atoms with E-state index < -0.39 is 23.6 Å². The lowest BCUT2D eigenvalue weighted by atomic mass is 10.0. The summed E-state index contributed by atoms with van der Waals surface area (Å²) in [5.41, 5.74) is 4.69. The standard InChI is InChI=1S/C10H11F4NS/c1-16-5-9(15)6-2-3-8(11)7(4-6)10(12,13)14/h2-4,9H,5,15H2,1H3. The minimum absolute atomic E-state index is 0.295. The molecule has 0 saturated heterocycles. The number of rotatable bonds is 3. The Hall–Kier alpha value is -0.750. The summed E-state index contributed by atoms with van der Waals surface area (Å²) in [6.07, 6.45) is -2.88. The molecule has 16 heavy (non-hydrogen) atoms. The zero-order chi connectivity index (χ0) is 12.3. The van der Waals surface area contributed by atoms with E-state index in [1.807, 2.05) is 0 Å². The van der Waals surface area contributed by atoms with Crippen LogP contribution in [0.2, 0.25) is 0 Å². The first-order valence-corrected chi connectivity index (χ1v) is 5.86. The fourth-order valence-electron chi connectivity index (χ4n) is 1.27.